The highest BCUT2D eigenvalue weighted by molar-refractivity contribution is 6.00. The molecule has 0 saturated heterocycles. The van der Waals surface area contributed by atoms with Gasteiger partial charge in [-0.05, 0) is 74.4 Å². The van der Waals surface area contributed by atoms with Gasteiger partial charge in [0, 0.05) is 24.2 Å². The lowest BCUT2D eigenvalue weighted by Gasteiger charge is -2.26. The lowest BCUT2D eigenvalue weighted by Crippen LogP contribution is -2.55. The molecule has 0 aromatic heterocycles. The minimum Gasteiger partial charge on any atom is -0.351 e. The van der Waals surface area contributed by atoms with Crippen molar-refractivity contribution in [1.82, 2.24) is 26.2 Å². The van der Waals surface area contributed by atoms with Gasteiger partial charge in [0.05, 0.1) is 6.04 Å². The van der Waals surface area contributed by atoms with E-state index in [9.17, 15) is 24.0 Å². The number of benzene rings is 1. The predicted octanol–water partition coefficient (Wildman–Crippen LogP) is 3.59. The van der Waals surface area contributed by atoms with Crippen molar-refractivity contribution in [3.63, 3.8) is 0 Å². The largest absolute Gasteiger partial charge is 0.351 e. The summed E-state index contributed by atoms with van der Waals surface area (Å²) in [5.74, 6) is -1.15. The summed E-state index contributed by atoms with van der Waals surface area (Å²) in [7, 11) is 0. The van der Waals surface area contributed by atoms with Crippen LogP contribution in [0.25, 0.3) is 0 Å². The molecule has 1 aromatic rings. The fraction of sp³-hybridized carbons (Fsp3) is 0.656. The average molecular weight is 624 g/mol. The van der Waals surface area contributed by atoms with Gasteiger partial charge in [-0.1, -0.05) is 55.4 Å². The number of halogens is 1. The van der Waals surface area contributed by atoms with Gasteiger partial charge in [-0.15, -0.1) is 12.4 Å². The normalized spacial score (nSPS) is 13.2. The molecule has 0 heterocycles. The average Bonchev–Trinajstić information content (AvgIpc) is 2.93. The van der Waals surface area contributed by atoms with Crippen LogP contribution in [0, 0.1) is 17.8 Å². The standard InChI is InChI=1S/C32H53N5O5.ClH/c1-9-37(10-2)16-15-33-29(39)24-11-13-25(14-12-24)30(40)35-28(19-23(7)8)32(42)36-27(18-22(5)6)31(41)34-26(20-38)17-21(3)4;/h11-14,20-23,26-28H,9-10,15-19H2,1-8H3,(H,33,39)(H,34,41)(H,35,40)(H,36,42);1H/t26-,27-,28-;/m0./s1. The van der Waals surface area contributed by atoms with Crippen molar-refractivity contribution in [1.29, 1.82) is 0 Å². The summed E-state index contributed by atoms with van der Waals surface area (Å²) >= 11 is 0. The number of carbonyl (C=O) groups excluding carboxylic acids is 5. The van der Waals surface area contributed by atoms with Crippen LogP contribution >= 0.6 is 12.4 Å². The molecule has 244 valence electrons. The molecule has 3 atom stereocenters. The topological polar surface area (TPSA) is 137 Å². The molecule has 10 nitrogen and oxygen atoms in total. The molecule has 4 amide bonds. The van der Waals surface area contributed by atoms with Crippen molar-refractivity contribution < 1.29 is 24.0 Å². The molecule has 0 radical (unpaired) electrons. The van der Waals surface area contributed by atoms with Gasteiger partial charge in [-0.3, -0.25) is 19.2 Å². The molecule has 4 N–H and O–H groups in total. The van der Waals surface area contributed by atoms with Crippen LogP contribution in [0.1, 0.15) is 95.4 Å². The van der Waals surface area contributed by atoms with Crippen molar-refractivity contribution in [3.05, 3.63) is 35.4 Å². The Morgan fingerprint density at radius 2 is 1.14 bits per heavy atom. The molecule has 0 bridgehead atoms. The van der Waals surface area contributed by atoms with E-state index in [1.165, 1.54) is 0 Å². The first kappa shape index (κ1) is 40.0. The highest BCUT2D eigenvalue weighted by atomic mass is 35.5. The van der Waals surface area contributed by atoms with Crippen molar-refractivity contribution in [2.75, 3.05) is 26.2 Å². The third-order valence-corrected chi connectivity index (χ3v) is 6.90. The number of amides is 4. The number of nitrogens with one attached hydrogen (secondary N) is 4. The predicted molar refractivity (Wildman–Crippen MR) is 173 cm³/mol. The van der Waals surface area contributed by atoms with Crippen molar-refractivity contribution >= 4 is 42.3 Å². The summed E-state index contributed by atoms with van der Waals surface area (Å²) in [6.07, 6.45) is 1.96. The number of likely N-dealkylation sites (N-methyl/N-ethyl adjacent to an activating group) is 1. The summed E-state index contributed by atoms with van der Waals surface area (Å²) in [6, 6.07) is 3.93. The maximum absolute atomic E-state index is 13.4. The molecular formula is C32H54ClN5O5. The Bertz CT molecular complexity index is 1010. The highest BCUT2D eigenvalue weighted by Crippen LogP contribution is 2.12. The molecule has 0 aliphatic carbocycles. The van der Waals surface area contributed by atoms with E-state index in [-0.39, 0.29) is 36.1 Å². The van der Waals surface area contributed by atoms with E-state index in [0.29, 0.717) is 36.9 Å². The number of hydrogen-bond donors (Lipinski definition) is 4. The Morgan fingerprint density at radius 3 is 1.58 bits per heavy atom. The zero-order chi connectivity index (χ0) is 31.8. The van der Waals surface area contributed by atoms with Crippen LogP contribution in [0.3, 0.4) is 0 Å². The molecule has 1 aromatic carbocycles. The van der Waals surface area contributed by atoms with Gasteiger partial charge in [-0.25, -0.2) is 0 Å². The second-order valence-electron chi connectivity index (χ2n) is 12.1. The van der Waals surface area contributed by atoms with Gasteiger partial charge < -0.3 is 31.0 Å². The number of aldehydes is 1. The number of nitrogens with zero attached hydrogens (tertiary/aromatic N) is 1. The summed E-state index contributed by atoms with van der Waals surface area (Å²) in [5, 5.41) is 11.3. The smallest absolute Gasteiger partial charge is 0.251 e. The minimum absolute atomic E-state index is 0. The molecule has 43 heavy (non-hydrogen) atoms. The van der Waals surface area contributed by atoms with Crippen LogP contribution in [-0.4, -0.2) is 79.1 Å². The lowest BCUT2D eigenvalue weighted by atomic mass is 9.99. The quantitative estimate of drug-likeness (QED) is 0.174. The first-order valence-corrected chi connectivity index (χ1v) is 15.3. The zero-order valence-electron chi connectivity index (χ0n) is 27.2. The minimum atomic E-state index is -0.874. The Kier molecular flexibility index (Phi) is 19.4. The SMILES string of the molecule is CCN(CC)CCNC(=O)c1ccc(C(=O)N[C@@H](CC(C)C)C(=O)N[C@@H](CC(C)C)C(=O)N[C@H](C=O)CC(C)C)cc1.Cl. The van der Waals surface area contributed by atoms with E-state index in [0.717, 1.165) is 25.9 Å². The summed E-state index contributed by atoms with van der Waals surface area (Å²) < 4.78 is 0. The van der Waals surface area contributed by atoms with Crippen molar-refractivity contribution in [2.24, 2.45) is 17.8 Å². The Labute approximate surface area is 264 Å². The Balaban J connectivity index is 0.0000176. The van der Waals surface area contributed by atoms with E-state index >= 15 is 0 Å². The molecule has 0 fully saturated rings. The molecule has 0 unspecified atom stereocenters. The van der Waals surface area contributed by atoms with Gasteiger partial charge >= 0.3 is 0 Å². The number of carbonyl (C=O) groups is 5. The Hall–Kier alpha value is -2.98. The maximum atomic E-state index is 13.4. The first-order valence-electron chi connectivity index (χ1n) is 15.3. The Morgan fingerprint density at radius 1 is 0.698 bits per heavy atom. The number of hydrogen-bond acceptors (Lipinski definition) is 6. The molecular weight excluding hydrogens is 570 g/mol. The fourth-order valence-electron chi connectivity index (χ4n) is 4.60. The van der Waals surface area contributed by atoms with E-state index in [1.54, 1.807) is 24.3 Å². The summed E-state index contributed by atoms with van der Waals surface area (Å²) in [5.41, 5.74) is 0.756. The van der Waals surface area contributed by atoms with E-state index in [4.69, 9.17) is 0 Å². The van der Waals surface area contributed by atoms with Gasteiger partial charge in [0.2, 0.25) is 11.8 Å². The molecule has 0 spiro atoms. The van der Waals surface area contributed by atoms with Gasteiger partial charge in [0.1, 0.15) is 18.4 Å². The van der Waals surface area contributed by atoms with Crippen LogP contribution in [0.15, 0.2) is 24.3 Å². The second kappa shape index (κ2) is 20.8. The van der Waals surface area contributed by atoms with Crippen molar-refractivity contribution in [3.8, 4) is 0 Å². The number of rotatable bonds is 19. The first-order chi connectivity index (χ1) is 19.8. The zero-order valence-corrected chi connectivity index (χ0v) is 28.0. The molecule has 11 heteroatoms. The van der Waals surface area contributed by atoms with Crippen LogP contribution in [0.5, 0.6) is 0 Å². The monoisotopic (exact) mass is 623 g/mol. The second-order valence-corrected chi connectivity index (χ2v) is 12.1. The highest BCUT2D eigenvalue weighted by Gasteiger charge is 2.29. The third-order valence-electron chi connectivity index (χ3n) is 6.90. The van der Waals surface area contributed by atoms with Gasteiger partial charge in [0.15, 0.2) is 0 Å². The van der Waals surface area contributed by atoms with Gasteiger partial charge in [0.25, 0.3) is 11.8 Å². The molecule has 0 saturated carbocycles. The molecule has 1 rings (SSSR count). The van der Waals surface area contributed by atoms with E-state index in [2.05, 4.69) is 40.0 Å². The molecule has 0 aliphatic heterocycles. The van der Waals surface area contributed by atoms with Crippen LogP contribution < -0.4 is 21.3 Å². The third kappa shape index (κ3) is 15.4. The summed E-state index contributed by atoms with van der Waals surface area (Å²) in [6.45, 7) is 19.0. The van der Waals surface area contributed by atoms with E-state index in [1.807, 2.05) is 41.5 Å². The van der Waals surface area contributed by atoms with Gasteiger partial charge in [-0.2, -0.15) is 0 Å². The van der Waals surface area contributed by atoms with Crippen LogP contribution in [-0.2, 0) is 14.4 Å². The van der Waals surface area contributed by atoms with Crippen LogP contribution in [0.4, 0.5) is 0 Å². The maximum Gasteiger partial charge on any atom is 0.251 e. The van der Waals surface area contributed by atoms with Crippen LogP contribution in [0.2, 0.25) is 0 Å². The molecule has 0 aliphatic rings. The van der Waals surface area contributed by atoms with Crippen molar-refractivity contribution in [2.45, 2.75) is 92.8 Å². The lowest BCUT2D eigenvalue weighted by molar-refractivity contribution is -0.131. The fourth-order valence-corrected chi connectivity index (χ4v) is 4.60. The summed E-state index contributed by atoms with van der Waals surface area (Å²) in [4.78, 5) is 65.8. The van der Waals surface area contributed by atoms with E-state index < -0.39 is 35.8 Å².